The van der Waals surface area contributed by atoms with Crippen molar-refractivity contribution < 1.29 is 4.79 Å². The van der Waals surface area contributed by atoms with Gasteiger partial charge in [0.2, 0.25) is 0 Å². The van der Waals surface area contributed by atoms with Crippen molar-refractivity contribution in [3.63, 3.8) is 0 Å². The minimum absolute atomic E-state index is 0.0525. The first-order valence-corrected chi connectivity index (χ1v) is 5.56. The number of hydrogen-bond acceptors (Lipinski definition) is 3. The molecule has 2 aromatic rings. The molecule has 17 heavy (non-hydrogen) atoms. The van der Waals surface area contributed by atoms with Gasteiger partial charge in [-0.2, -0.15) is 5.10 Å². The van der Waals surface area contributed by atoms with Crippen LogP contribution in [0.3, 0.4) is 0 Å². The van der Waals surface area contributed by atoms with Crippen LogP contribution in [-0.4, -0.2) is 28.3 Å². The first-order valence-electron chi connectivity index (χ1n) is 5.56. The van der Waals surface area contributed by atoms with Crippen LogP contribution < -0.4 is 11.1 Å². The Labute approximate surface area is 99.6 Å². The quantitative estimate of drug-likeness (QED) is 0.816. The summed E-state index contributed by atoms with van der Waals surface area (Å²) in [6.07, 6.45) is 0. The standard InChI is InChI=1S/C12H16N4O/c1-8(7-13)14-12(17)11-9-5-3-4-6-10(9)16(2)15-11/h3-6,8H,7,13H2,1-2H3,(H,14,17). The highest BCUT2D eigenvalue weighted by molar-refractivity contribution is 6.04. The Bertz CT molecular complexity index is 546. The van der Waals surface area contributed by atoms with Gasteiger partial charge in [0.25, 0.3) is 5.91 Å². The van der Waals surface area contributed by atoms with Gasteiger partial charge >= 0.3 is 0 Å². The maximum absolute atomic E-state index is 12.0. The molecule has 1 aromatic heterocycles. The molecule has 1 atom stereocenters. The van der Waals surface area contributed by atoms with Crippen LogP contribution in [0.5, 0.6) is 0 Å². The van der Waals surface area contributed by atoms with Crippen LogP contribution in [0.15, 0.2) is 24.3 Å². The molecule has 0 aliphatic heterocycles. The molecule has 0 aliphatic rings. The van der Waals surface area contributed by atoms with Gasteiger partial charge in [0, 0.05) is 25.0 Å². The van der Waals surface area contributed by atoms with Gasteiger partial charge in [-0.1, -0.05) is 18.2 Å². The monoisotopic (exact) mass is 232 g/mol. The lowest BCUT2D eigenvalue weighted by Crippen LogP contribution is -2.38. The number of nitrogens with two attached hydrogens (primary N) is 1. The predicted molar refractivity (Wildman–Crippen MR) is 66.7 cm³/mol. The molecule has 0 spiro atoms. The van der Waals surface area contributed by atoms with Crippen molar-refractivity contribution in [3.05, 3.63) is 30.0 Å². The summed E-state index contributed by atoms with van der Waals surface area (Å²) in [5, 5.41) is 7.91. The fraction of sp³-hybridized carbons (Fsp3) is 0.333. The molecule has 5 heteroatoms. The Morgan fingerprint density at radius 1 is 1.53 bits per heavy atom. The minimum atomic E-state index is -0.181. The number of nitrogens with one attached hydrogen (secondary N) is 1. The maximum Gasteiger partial charge on any atom is 0.272 e. The van der Waals surface area contributed by atoms with Gasteiger partial charge in [-0.3, -0.25) is 9.48 Å². The third-order valence-corrected chi connectivity index (χ3v) is 2.70. The van der Waals surface area contributed by atoms with E-state index in [2.05, 4.69) is 10.4 Å². The molecule has 0 radical (unpaired) electrons. The van der Waals surface area contributed by atoms with E-state index >= 15 is 0 Å². The summed E-state index contributed by atoms with van der Waals surface area (Å²) in [5.41, 5.74) is 6.87. The van der Waals surface area contributed by atoms with Crippen LogP contribution in [0, 0.1) is 0 Å². The summed E-state index contributed by atoms with van der Waals surface area (Å²) >= 11 is 0. The molecule has 0 aliphatic carbocycles. The predicted octanol–water partition coefficient (Wildman–Crippen LogP) is 0.650. The van der Waals surface area contributed by atoms with E-state index in [9.17, 15) is 4.79 Å². The minimum Gasteiger partial charge on any atom is -0.347 e. The number of benzene rings is 1. The fourth-order valence-electron chi connectivity index (χ4n) is 1.73. The molecular formula is C12H16N4O. The number of hydrogen-bond donors (Lipinski definition) is 2. The van der Waals surface area contributed by atoms with Gasteiger partial charge in [0.1, 0.15) is 0 Å². The molecule has 5 nitrogen and oxygen atoms in total. The van der Waals surface area contributed by atoms with E-state index in [4.69, 9.17) is 5.73 Å². The Kier molecular flexibility index (Phi) is 3.10. The van der Waals surface area contributed by atoms with E-state index in [1.165, 1.54) is 0 Å². The van der Waals surface area contributed by atoms with Crippen LogP contribution in [0.2, 0.25) is 0 Å². The summed E-state index contributed by atoms with van der Waals surface area (Å²) in [7, 11) is 1.82. The number of carbonyl (C=O) groups is 1. The number of para-hydroxylation sites is 1. The number of aromatic nitrogens is 2. The van der Waals surface area contributed by atoms with Gasteiger partial charge in [-0.05, 0) is 13.0 Å². The molecule has 0 fully saturated rings. The summed E-state index contributed by atoms with van der Waals surface area (Å²) in [4.78, 5) is 12.0. The molecule has 3 N–H and O–H groups in total. The number of fused-ring (bicyclic) bond motifs is 1. The molecular weight excluding hydrogens is 216 g/mol. The zero-order chi connectivity index (χ0) is 12.4. The van der Waals surface area contributed by atoms with Gasteiger partial charge in [0.15, 0.2) is 5.69 Å². The summed E-state index contributed by atoms with van der Waals surface area (Å²) in [6.45, 7) is 2.28. The summed E-state index contributed by atoms with van der Waals surface area (Å²) < 4.78 is 1.71. The normalized spacial score (nSPS) is 12.6. The van der Waals surface area contributed by atoms with Crippen LogP contribution in [0.4, 0.5) is 0 Å². The second-order valence-electron chi connectivity index (χ2n) is 4.10. The Hall–Kier alpha value is -1.88. The molecule has 0 saturated heterocycles. The van der Waals surface area contributed by atoms with E-state index in [-0.39, 0.29) is 11.9 Å². The Morgan fingerprint density at radius 3 is 2.94 bits per heavy atom. The van der Waals surface area contributed by atoms with Gasteiger partial charge in [0.05, 0.1) is 5.52 Å². The van der Waals surface area contributed by atoms with E-state index in [0.29, 0.717) is 12.2 Å². The van der Waals surface area contributed by atoms with Crippen molar-refractivity contribution in [2.45, 2.75) is 13.0 Å². The third-order valence-electron chi connectivity index (χ3n) is 2.70. The summed E-state index contributed by atoms with van der Waals surface area (Å²) in [6, 6.07) is 7.60. The number of rotatable bonds is 3. The fourth-order valence-corrected chi connectivity index (χ4v) is 1.73. The number of carbonyl (C=O) groups excluding carboxylic acids is 1. The van der Waals surface area contributed by atoms with Crippen molar-refractivity contribution in [3.8, 4) is 0 Å². The van der Waals surface area contributed by atoms with E-state index in [0.717, 1.165) is 10.9 Å². The molecule has 1 aromatic carbocycles. The average molecular weight is 232 g/mol. The van der Waals surface area contributed by atoms with E-state index in [1.807, 2.05) is 38.2 Å². The lowest BCUT2D eigenvalue weighted by molar-refractivity contribution is 0.0937. The highest BCUT2D eigenvalue weighted by Gasteiger charge is 2.16. The highest BCUT2D eigenvalue weighted by atomic mass is 16.2. The molecule has 0 bridgehead atoms. The van der Waals surface area contributed by atoms with Crippen molar-refractivity contribution in [2.75, 3.05) is 6.54 Å². The SMILES string of the molecule is CC(CN)NC(=O)c1nn(C)c2ccccc12. The van der Waals surface area contributed by atoms with Gasteiger partial charge in [-0.15, -0.1) is 0 Å². The lowest BCUT2D eigenvalue weighted by Gasteiger charge is -2.09. The van der Waals surface area contributed by atoms with Crippen molar-refractivity contribution in [1.82, 2.24) is 15.1 Å². The average Bonchev–Trinajstić information content (AvgIpc) is 2.67. The first kappa shape index (κ1) is 11.6. The number of nitrogens with zero attached hydrogens (tertiary/aromatic N) is 2. The van der Waals surface area contributed by atoms with Crippen LogP contribution in [0.1, 0.15) is 17.4 Å². The number of aryl methyl sites for hydroxylation is 1. The second kappa shape index (κ2) is 4.55. The molecule has 1 amide bonds. The van der Waals surface area contributed by atoms with Crippen LogP contribution in [-0.2, 0) is 7.05 Å². The van der Waals surface area contributed by atoms with Crippen molar-refractivity contribution in [1.29, 1.82) is 0 Å². The topological polar surface area (TPSA) is 72.9 Å². The van der Waals surface area contributed by atoms with E-state index < -0.39 is 0 Å². The highest BCUT2D eigenvalue weighted by Crippen LogP contribution is 2.17. The Morgan fingerprint density at radius 2 is 2.24 bits per heavy atom. The molecule has 0 saturated carbocycles. The molecule has 1 heterocycles. The first-order chi connectivity index (χ1) is 8.13. The second-order valence-corrected chi connectivity index (χ2v) is 4.10. The van der Waals surface area contributed by atoms with Gasteiger partial charge < -0.3 is 11.1 Å². The number of amides is 1. The van der Waals surface area contributed by atoms with E-state index in [1.54, 1.807) is 4.68 Å². The molecule has 1 unspecified atom stereocenters. The zero-order valence-electron chi connectivity index (χ0n) is 9.97. The van der Waals surface area contributed by atoms with Gasteiger partial charge in [-0.25, -0.2) is 0 Å². The van der Waals surface area contributed by atoms with Crippen LogP contribution >= 0.6 is 0 Å². The zero-order valence-corrected chi connectivity index (χ0v) is 9.97. The third kappa shape index (κ3) is 2.14. The maximum atomic E-state index is 12.0. The Balaban J connectivity index is 2.39. The molecule has 2 rings (SSSR count). The summed E-state index contributed by atoms with van der Waals surface area (Å²) in [5.74, 6) is -0.181. The van der Waals surface area contributed by atoms with Crippen molar-refractivity contribution >= 4 is 16.8 Å². The van der Waals surface area contributed by atoms with Crippen LogP contribution in [0.25, 0.3) is 10.9 Å². The van der Waals surface area contributed by atoms with Crippen molar-refractivity contribution in [2.24, 2.45) is 12.8 Å². The lowest BCUT2D eigenvalue weighted by atomic mass is 10.2. The largest absolute Gasteiger partial charge is 0.347 e. The molecule has 90 valence electrons. The smallest absolute Gasteiger partial charge is 0.272 e.